The smallest absolute Gasteiger partial charge is 0.274 e. The van der Waals surface area contributed by atoms with Crippen molar-refractivity contribution >= 4 is 5.91 Å². The predicted octanol–water partition coefficient (Wildman–Crippen LogP) is 4.24. The second-order valence-corrected chi connectivity index (χ2v) is 9.14. The highest BCUT2D eigenvalue weighted by Crippen LogP contribution is 2.29. The van der Waals surface area contributed by atoms with Crippen LogP contribution in [0.5, 0.6) is 0 Å². The highest BCUT2D eigenvalue weighted by atomic mass is 16.5. The quantitative estimate of drug-likeness (QED) is 0.579. The van der Waals surface area contributed by atoms with Crippen molar-refractivity contribution in [2.75, 3.05) is 39.9 Å². The zero-order valence-corrected chi connectivity index (χ0v) is 19.8. The molecule has 0 spiro atoms. The molecule has 4 rings (SSSR count). The van der Waals surface area contributed by atoms with Crippen molar-refractivity contribution in [2.24, 2.45) is 0 Å². The van der Waals surface area contributed by atoms with Crippen LogP contribution in [0.15, 0.2) is 30.3 Å². The third kappa shape index (κ3) is 5.24. The van der Waals surface area contributed by atoms with E-state index >= 15 is 0 Å². The van der Waals surface area contributed by atoms with Crippen LogP contribution >= 0.6 is 0 Å². The van der Waals surface area contributed by atoms with Gasteiger partial charge in [0.05, 0.1) is 5.69 Å². The molecule has 1 aromatic heterocycles. The van der Waals surface area contributed by atoms with E-state index in [0.29, 0.717) is 12.3 Å². The van der Waals surface area contributed by atoms with Crippen LogP contribution in [-0.4, -0.2) is 71.2 Å². The molecule has 0 N–H and O–H groups in total. The number of ether oxygens (including phenoxy) is 1. The summed E-state index contributed by atoms with van der Waals surface area (Å²) < 4.78 is 7.90. The Morgan fingerprint density at radius 1 is 1.12 bits per heavy atom. The first kappa shape index (κ1) is 23.0. The Hall–Kier alpha value is -2.18. The van der Waals surface area contributed by atoms with Crippen LogP contribution in [0.1, 0.15) is 61.6 Å². The Morgan fingerprint density at radius 3 is 2.66 bits per heavy atom. The van der Waals surface area contributed by atoms with Crippen LogP contribution in [0.3, 0.4) is 0 Å². The first-order chi connectivity index (χ1) is 15.7. The number of piperidine rings is 1. The normalized spacial score (nSPS) is 17.7. The number of carbonyl (C=O) groups is 1. The topological polar surface area (TPSA) is 50.6 Å². The summed E-state index contributed by atoms with van der Waals surface area (Å²) >= 11 is 0. The standard InChI is InChI=1S/C26H38N4O2/c1-3-32-20-10-17-29(22-14-18-28(2)19-15-22)26(31)24-23-13-8-5-9-16-30(23)25(27-24)21-11-6-4-7-12-21/h4,6-7,11-12,22H,3,5,8-10,13-20H2,1-2H3. The molecule has 0 aliphatic carbocycles. The molecular weight excluding hydrogens is 400 g/mol. The van der Waals surface area contributed by atoms with Gasteiger partial charge in [-0.05, 0) is 65.6 Å². The fraction of sp³-hybridized carbons (Fsp3) is 0.615. The molecule has 1 amide bonds. The molecule has 1 saturated heterocycles. The van der Waals surface area contributed by atoms with Gasteiger partial charge in [-0.25, -0.2) is 4.98 Å². The van der Waals surface area contributed by atoms with Gasteiger partial charge in [0.2, 0.25) is 0 Å². The van der Waals surface area contributed by atoms with Gasteiger partial charge in [-0.1, -0.05) is 36.8 Å². The summed E-state index contributed by atoms with van der Waals surface area (Å²) in [6.07, 6.45) is 7.32. The van der Waals surface area contributed by atoms with Crippen molar-refractivity contribution in [2.45, 2.75) is 64.5 Å². The summed E-state index contributed by atoms with van der Waals surface area (Å²) in [5.41, 5.74) is 2.91. The number of likely N-dealkylation sites (tertiary alicyclic amines) is 1. The average molecular weight is 439 g/mol. The van der Waals surface area contributed by atoms with Gasteiger partial charge in [0.15, 0.2) is 0 Å². The molecular formula is C26H38N4O2. The van der Waals surface area contributed by atoms with E-state index in [2.05, 4.69) is 33.5 Å². The summed E-state index contributed by atoms with van der Waals surface area (Å²) in [4.78, 5) is 23.5. The molecule has 1 fully saturated rings. The van der Waals surface area contributed by atoms with E-state index in [1.54, 1.807) is 0 Å². The van der Waals surface area contributed by atoms with Gasteiger partial charge < -0.3 is 19.1 Å². The second kappa shape index (κ2) is 11.1. The zero-order chi connectivity index (χ0) is 22.3. The Bertz CT molecular complexity index is 871. The van der Waals surface area contributed by atoms with E-state index in [0.717, 1.165) is 88.4 Å². The van der Waals surface area contributed by atoms with Crippen LogP contribution in [0, 0.1) is 0 Å². The highest BCUT2D eigenvalue weighted by Gasteiger charge is 2.32. The number of imidazole rings is 1. The molecule has 2 aliphatic heterocycles. The molecule has 1 aromatic carbocycles. The first-order valence-electron chi connectivity index (χ1n) is 12.4. The summed E-state index contributed by atoms with van der Waals surface area (Å²) in [6, 6.07) is 10.6. The number of carbonyl (C=O) groups excluding carboxylic acids is 1. The molecule has 0 radical (unpaired) electrons. The zero-order valence-electron chi connectivity index (χ0n) is 19.8. The van der Waals surface area contributed by atoms with E-state index in [1.165, 1.54) is 6.42 Å². The molecule has 6 nitrogen and oxygen atoms in total. The lowest BCUT2D eigenvalue weighted by Gasteiger charge is -2.37. The minimum absolute atomic E-state index is 0.115. The van der Waals surface area contributed by atoms with E-state index in [4.69, 9.17) is 9.72 Å². The Labute approximate surface area is 192 Å². The Morgan fingerprint density at radius 2 is 1.91 bits per heavy atom. The van der Waals surface area contributed by atoms with Gasteiger partial charge in [0.25, 0.3) is 5.91 Å². The highest BCUT2D eigenvalue weighted by molar-refractivity contribution is 5.94. The number of hydrogen-bond donors (Lipinski definition) is 0. The lowest BCUT2D eigenvalue weighted by molar-refractivity contribution is 0.0544. The van der Waals surface area contributed by atoms with Gasteiger partial charge in [0.1, 0.15) is 11.5 Å². The van der Waals surface area contributed by atoms with Crippen molar-refractivity contribution in [1.82, 2.24) is 19.4 Å². The SMILES string of the molecule is CCOCCCN(C(=O)c1nc(-c2ccccc2)n2c1CCCCC2)C1CCN(C)CC1. The predicted molar refractivity (Wildman–Crippen MR) is 128 cm³/mol. The van der Waals surface area contributed by atoms with E-state index < -0.39 is 0 Å². The molecule has 174 valence electrons. The molecule has 2 aliphatic rings. The number of aromatic nitrogens is 2. The number of nitrogens with zero attached hydrogens (tertiary/aromatic N) is 4. The summed E-state index contributed by atoms with van der Waals surface area (Å²) in [7, 11) is 2.17. The van der Waals surface area contributed by atoms with E-state index in [1.807, 2.05) is 25.1 Å². The summed E-state index contributed by atoms with van der Waals surface area (Å²) in [5, 5.41) is 0. The van der Waals surface area contributed by atoms with Gasteiger partial charge in [-0.2, -0.15) is 0 Å². The van der Waals surface area contributed by atoms with E-state index in [-0.39, 0.29) is 11.9 Å². The van der Waals surface area contributed by atoms with Crippen LogP contribution in [0.2, 0.25) is 0 Å². The van der Waals surface area contributed by atoms with Crippen molar-refractivity contribution in [3.63, 3.8) is 0 Å². The number of amides is 1. The number of benzene rings is 1. The Kier molecular flexibility index (Phi) is 7.98. The molecule has 6 heteroatoms. The molecule has 3 heterocycles. The van der Waals surface area contributed by atoms with Gasteiger partial charge >= 0.3 is 0 Å². The Balaban J connectivity index is 1.65. The number of rotatable bonds is 8. The maximum atomic E-state index is 14.0. The van der Waals surface area contributed by atoms with Crippen LogP contribution < -0.4 is 0 Å². The van der Waals surface area contributed by atoms with Crippen LogP contribution in [0.25, 0.3) is 11.4 Å². The average Bonchev–Trinajstić information content (AvgIpc) is 3.01. The van der Waals surface area contributed by atoms with Crippen molar-refractivity contribution < 1.29 is 9.53 Å². The molecule has 32 heavy (non-hydrogen) atoms. The maximum absolute atomic E-state index is 14.0. The fourth-order valence-corrected chi connectivity index (χ4v) is 5.07. The van der Waals surface area contributed by atoms with Crippen molar-refractivity contribution in [3.05, 3.63) is 41.7 Å². The van der Waals surface area contributed by atoms with Gasteiger partial charge in [-0.3, -0.25) is 4.79 Å². The van der Waals surface area contributed by atoms with E-state index in [9.17, 15) is 4.79 Å². The number of hydrogen-bond acceptors (Lipinski definition) is 4. The summed E-state index contributed by atoms with van der Waals surface area (Å²) in [5.74, 6) is 1.06. The summed E-state index contributed by atoms with van der Waals surface area (Å²) in [6.45, 7) is 7.19. The molecule has 0 bridgehead atoms. The molecule has 0 saturated carbocycles. The maximum Gasteiger partial charge on any atom is 0.274 e. The van der Waals surface area contributed by atoms with Gasteiger partial charge in [0, 0.05) is 37.9 Å². The largest absolute Gasteiger partial charge is 0.382 e. The molecule has 0 atom stereocenters. The lowest BCUT2D eigenvalue weighted by Crippen LogP contribution is -2.47. The third-order valence-corrected chi connectivity index (χ3v) is 6.88. The number of fused-ring (bicyclic) bond motifs is 1. The first-order valence-corrected chi connectivity index (χ1v) is 12.4. The van der Waals surface area contributed by atoms with Crippen LogP contribution in [-0.2, 0) is 17.7 Å². The van der Waals surface area contributed by atoms with Gasteiger partial charge in [-0.15, -0.1) is 0 Å². The fourth-order valence-electron chi connectivity index (χ4n) is 5.07. The van der Waals surface area contributed by atoms with Crippen molar-refractivity contribution in [1.29, 1.82) is 0 Å². The minimum atomic E-state index is 0.115. The molecule has 2 aromatic rings. The third-order valence-electron chi connectivity index (χ3n) is 6.88. The van der Waals surface area contributed by atoms with Crippen molar-refractivity contribution in [3.8, 4) is 11.4 Å². The molecule has 0 unspecified atom stereocenters. The lowest BCUT2D eigenvalue weighted by atomic mass is 10.0. The monoisotopic (exact) mass is 438 g/mol. The van der Waals surface area contributed by atoms with Crippen LogP contribution in [0.4, 0.5) is 0 Å². The minimum Gasteiger partial charge on any atom is -0.382 e. The second-order valence-electron chi connectivity index (χ2n) is 9.14.